The normalized spacial score (nSPS) is 17.3. The first-order valence-corrected chi connectivity index (χ1v) is 5.75. The lowest BCUT2D eigenvalue weighted by atomic mass is 10.3. The van der Waals surface area contributed by atoms with E-state index in [0.717, 1.165) is 11.4 Å². The molecule has 18 heavy (non-hydrogen) atoms. The second kappa shape index (κ2) is 4.28. The molecule has 1 aliphatic heterocycles. The first-order valence-electron chi connectivity index (χ1n) is 5.75. The molecule has 7 nitrogen and oxygen atoms in total. The number of rotatable bonds is 3. The van der Waals surface area contributed by atoms with Crippen molar-refractivity contribution < 1.29 is 4.74 Å². The number of nitrogens with two attached hydrogens (primary N) is 1. The number of fused-ring (bicyclic) bond motifs is 1. The van der Waals surface area contributed by atoms with Crippen molar-refractivity contribution in [2.24, 2.45) is 5.73 Å². The highest BCUT2D eigenvalue weighted by atomic mass is 16.5. The zero-order valence-corrected chi connectivity index (χ0v) is 9.92. The summed E-state index contributed by atoms with van der Waals surface area (Å²) in [6.45, 7) is 2.60. The number of hydrogen-bond acceptors (Lipinski definition) is 6. The summed E-state index contributed by atoms with van der Waals surface area (Å²) >= 11 is 0. The SMILES string of the molecule is CCOc1ccc(-n2nc3c(n2)C(N)NN3)cc1. The largest absolute Gasteiger partial charge is 0.494 e. The fourth-order valence-corrected chi connectivity index (χ4v) is 1.79. The molecule has 0 bridgehead atoms. The van der Waals surface area contributed by atoms with Crippen LogP contribution in [-0.2, 0) is 0 Å². The molecule has 0 aliphatic carbocycles. The molecular formula is C11H14N6O. The minimum Gasteiger partial charge on any atom is -0.494 e. The molecular weight excluding hydrogens is 232 g/mol. The van der Waals surface area contributed by atoms with Crippen molar-refractivity contribution in [3.05, 3.63) is 30.0 Å². The van der Waals surface area contributed by atoms with Gasteiger partial charge in [-0.15, -0.1) is 15.0 Å². The molecule has 1 atom stereocenters. The highest BCUT2D eigenvalue weighted by molar-refractivity contribution is 5.46. The number of benzene rings is 1. The molecule has 1 aliphatic rings. The summed E-state index contributed by atoms with van der Waals surface area (Å²) in [5, 5.41) is 8.63. The lowest BCUT2D eigenvalue weighted by Gasteiger charge is -2.05. The van der Waals surface area contributed by atoms with E-state index in [2.05, 4.69) is 21.0 Å². The fourth-order valence-electron chi connectivity index (χ4n) is 1.79. The van der Waals surface area contributed by atoms with Gasteiger partial charge in [-0.05, 0) is 31.2 Å². The van der Waals surface area contributed by atoms with Gasteiger partial charge in [-0.3, -0.25) is 0 Å². The van der Waals surface area contributed by atoms with Crippen molar-refractivity contribution in [2.75, 3.05) is 12.0 Å². The number of ether oxygens (including phenoxy) is 1. The molecule has 3 rings (SSSR count). The summed E-state index contributed by atoms with van der Waals surface area (Å²) < 4.78 is 5.38. The van der Waals surface area contributed by atoms with Gasteiger partial charge in [-0.1, -0.05) is 0 Å². The summed E-state index contributed by atoms with van der Waals surface area (Å²) in [4.78, 5) is 1.55. The van der Waals surface area contributed by atoms with Crippen LogP contribution in [0.2, 0.25) is 0 Å². The zero-order valence-electron chi connectivity index (χ0n) is 9.92. The molecule has 4 N–H and O–H groups in total. The van der Waals surface area contributed by atoms with Gasteiger partial charge in [-0.2, -0.15) is 0 Å². The molecule has 0 radical (unpaired) electrons. The van der Waals surface area contributed by atoms with E-state index in [4.69, 9.17) is 10.5 Å². The average Bonchev–Trinajstić information content (AvgIpc) is 2.94. The van der Waals surface area contributed by atoms with Gasteiger partial charge in [0.15, 0.2) is 5.82 Å². The predicted octanol–water partition coefficient (Wildman–Crippen LogP) is 0.553. The van der Waals surface area contributed by atoms with Crippen LogP contribution in [0.1, 0.15) is 18.8 Å². The maximum absolute atomic E-state index is 5.79. The minimum atomic E-state index is -0.323. The Morgan fingerprint density at radius 3 is 2.78 bits per heavy atom. The van der Waals surface area contributed by atoms with Crippen LogP contribution < -0.4 is 21.3 Å². The number of nitrogens with zero attached hydrogens (tertiary/aromatic N) is 3. The van der Waals surface area contributed by atoms with Gasteiger partial charge < -0.3 is 15.9 Å². The maximum Gasteiger partial charge on any atom is 0.189 e. The van der Waals surface area contributed by atoms with E-state index in [1.165, 1.54) is 0 Å². The molecule has 2 heterocycles. The molecule has 0 fully saturated rings. The van der Waals surface area contributed by atoms with E-state index in [1.807, 2.05) is 31.2 Å². The molecule has 1 aromatic heterocycles. The number of hydrazine groups is 1. The van der Waals surface area contributed by atoms with Crippen LogP contribution in [0, 0.1) is 0 Å². The highest BCUT2D eigenvalue weighted by Gasteiger charge is 2.24. The first kappa shape index (κ1) is 11.0. The van der Waals surface area contributed by atoms with Gasteiger partial charge in [0.2, 0.25) is 0 Å². The quantitative estimate of drug-likeness (QED) is 0.733. The van der Waals surface area contributed by atoms with Crippen molar-refractivity contribution in [3.8, 4) is 11.4 Å². The minimum absolute atomic E-state index is 0.323. The molecule has 0 amide bonds. The van der Waals surface area contributed by atoms with Gasteiger partial charge in [0.1, 0.15) is 17.6 Å². The van der Waals surface area contributed by atoms with Crippen LogP contribution in [-0.4, -0.2) is 21.6 Å². The monoisotopic (exact) mass is 246 g/mol. The molecule has 0 saturated heterocycles. The van der Waals surface area contributed by atoms with Crippen LogP contribution >= 0.6 is 0 Å². The number of nitrogens with one attached hydrogen (secondary N) is 2. The smallest absolute Gasteiger partial charge is 0.189 e. The second-order valence-corrected chi connectivity index (χ2v) is 3.90. The van der Waals surface area contributed by atoms with Crippen molar-refractivity contribution >= 4 is 5.82 Å². The molecule has 0 saturated carbocycles. The summed E-state index contributed by atoms with van der Waals surface area (Å²) in [6.07, 6.45) is -0.323. The van der Waals surface area contributed by atoms with Crippen molar-refractivity contribution in [3.63, 3.8) is 0 Å². The van der Waals surface area contributed by atoms with Crippen molar-refractivity contribution in [2.45, 2.75) is 13.1 Å². The summed E-state index contributed by atoms with van der Waals surface area (Å²) in [6, 6.07) is 7.58. The topological polar surface area (TPSA) is 90.0 Å². The van der Waals surface area contributed by atoms with Crippen LogP contribution in [0.15, 0.2) is 24.3 Å². The number of hydrogen-bond donors (Lipinski definition) is 3. The summed E-state index contributed by atoms with van der Waals surface area (Å²) in [7, 11) is 0. The molecule has 1 aromatic carbocycles. The summed E-state index contributed by atoms with van der Waals surface area (Å²) in [5.41, 5.74) is 13.1. The molecule has 94 valence electrons. The molecule has 1 unspecified atom stereocenters. The third-order valence-electron chi connectivity index (χ3n) is 2.66. The van der Waals surface area contributed by atoms with E-state index in [0.29, 0.717) is 18.1 Å². The van der Waals surface area contributed by atoms with Gasteiger partial charge in [0.25, 0.3) is 0 Å². The van der Waals surface area contributed by atoms with E-state index in [1.54, 1.807) is 4.80 Å². The Hall–Kier alpha value is -2.12. The van der Waals surface area contributed by atoms with Crippen LogP contribution in [0.4, 0.5) is 5.82 Å². The number of anilines is 1. The van der Waals surface area contributed by atoms with Gasteiger partial charge >= 0.3 is 0 Å². The Labute approximate surface area is 104 Å². The van der Waals surface area contributed by atoms with Gasteiger partial charge in [0, 0.05) is 0 Å². The van der Waals surface area contributed by atoms with Crippen LogP contribution in [0.3, 0.4) is 0 Å². The van der Waals surface area contributed by atoms with E-state index in [-0.39, 0.29) is 6.17 Å². The Balaban J connectivity index is 1.88. The third-order valence-corrected chi connectivity index (χ3v) is 2.66. The zero-order chi connectivity index (χ0) is 12.5. The van der Waals surface area contributed by atoms with Crippen molar-refractivity contribution in [1.29, 1.82) is 0 Å². The molecule has 7 heteroatoms. The fraction of sp³-hybridized carbons (Fsp3) is 0.273. The Morgan fingerprint density at radius 1 is 1.33 bits per heavy atom. The van der Waals surface area contributed by atoms with E-state index >= 15 is 0 Å². The van der Waals surface area contributed by atoms with Crippen molar-refractivity contribution in [1.82, 2.24) is 20.4 Å². The van der Waals surface area contributed by atoms with E-state index < -0.39 is 0 Å². The standard InChI is InChI=1S/C11H14N6O/c1-2-18-8-5-3-7(4-6-8)17-15-9-10(12)13-14-11(9)16-17/h3-6,10,13H,2,12H2,1H3,(H,14,16). The van der Waals surface area contributed by atoms with Crippen LogP contribution in [0.5, 0.6) is 5.75 Å². The Kier molecular flexibility index (Phi) is 2.62. The average molecular weight is 246 g/mol. The van der Waals surface area contributed by atoms with Crippen LogP contribution in [0.25, 0.3) is 5.69 Å². The predicted molar refractivity (Wildman–Crippen MR) is 66.2 cm³/mol. The lowest BCUT2D eigenvalue weighted by molar-refractivity contribution is 0.340. The molecule has 2 aromatic rings. The maximum atomic E-state index is 5.79. The highest BCUT2D eigenvalue weighted by Crippen LogP contribution is 2.22. The Morgan fingerprint density at radius 2 is 2.11 bits per heavy atom. The first-order chi connectivity index (χ1) is 8.78. The second-order valence-electron chi connectivity index (χ2n) is 3.90. The Bertz CT molecular complexity index is 549. The third kappa shape index (κ3) is 1.79. The number of aromatic nitrogens is 3. The van der Waals surface area contributed by atoms with Gasteiger partial charge in [-0.25, -0.2) is 5.43 Å². The summed E-state index contributed by atoms with van der Waals surface area (Å²) in [5.74, 6) is 1.49. The van der Waals surface area contributed by atoms with E-state index in [9.17, 15) is 0 Å². The lowest BCUT2D eigenvalue weighted by Crippen LogP contribution is -2.27. The van der Waals surface area contributed by atoms with Gasteiger partial charge in [0.05, 0.1) is 12.3 Å². The molecule has 0 spiro atoms.